The van der Waals surface area contributed by atoms with Crippen LogP contribution in [0.1, 0.15) is 79.9 Å². The standard InChI is InChI=1S/C24H32O/c1-5-6-7-8-20-9-15-23(16-10-20)24(25)19(4)22-13-11-21(12-14-22)17-18(2)3/h9-16,18-19H,5-8,17H2,1-4H3/t19-/m0/s1. The lowest BCUT2D eigenvalue weighted by molar-refractivity contribution is 0.0966. The van der Waals surface area contributed by atoms with Crippen molar-refractivity contribution < 1.29 is 4.79 Å². The summed E-state index contributed by atoms with van der Waals surface area (Å²) < 4.78 is 0. The molecule has 2 aromatic rings. The molecule has 0 fully saturated rings. The van der Waals surface area contributed by atoms with E-state index in [0.717, 1.165) is 24.0 Å². The fourth-order valence-electron chi connectivity index (χ4n) is 3.23. The maximum atomic E-state index is 12.8. The molecule has 0 bridgehead atoms. The number of ketones is 1. The highest BCUT2D eigenvalue weighted by molar-refractivity contribution is 6.00. The predicted octanol–water partition coefficient (Wildman–Crippen LogP) is 6.60. The van der Waals surface area contributed by atoms with Crippen molar-refractivity contribution in [3.05, 3.63) is 70.8 Å². The smallest absolute Gasteiger partial charge is 0.170 e. The fraction of sp³-hybridized carbons (Fsp3) is 0.458. The lowest BCUT2D eigenvalue weighted by Gasteiger charge is -2.13. The second kappa shape index (κ2) is 9.56. The number of hydrogen-bond donors (Lipinski definition) is 0. The van der Waals surface area contributed by atoms with E-state index in [1.54, 1.807) is 0 Å². The first kappa shape index (κ1) is 19.4. The van der Waals surface area contributed by atoms with Crippen LogP contribution in [-0.4, -0.2) is 5.78 Å². The van der Waals surface area contributed by atoms with Gasteiger partial charge in [0.1, 0.15) is 0 Å². The van der Waals surface area contributed by atoms with Crippen molar-refractivity contribution in [1.82, 2.24) is 0 Å². The molecule has 0 N–H and O–H groups in total. The van der Waals surface area contributed by atoms with E-state index in [1.807, 2.05) is 19.1 Å². The van der Waals surface area contributed by atoms with Crippen LogP contribution in [0.15, 0.2) is 48.5 Å². The summed E-state index contributed by atoms with van der Waals surface area (Å²) in [5.74, 6) is 0.761. The zero-order valence-electron chi connectivity index (χ0n) is 16.2. The summed E-state index contributed by atoms with van der Waals surface area (Å²) in [7, 11) is 0. The van der Waals surface area contributed by atoms with Gasteiger partial charge in [-0.25, -0.2) is 0 Å². The van der Waals surface area contributed by atoms with E-state index < -0.39 is 0 Å². The normalized spacial score (nSPS) is 12.4. The van der Waals surface area contributed by atoms with Crippen LogP contribution in [-0.2, 0) is 12.8 Å². The number of carbonyl (C=O) groups is 1. The highest BCUT2D eigenvalue weighted by Gasteiger charge is 2.17. The second-order valence-corrected chi connectivity index (χ2v) is 7.58. The monoisotopic (exact) mass is 336 g/mol. The lowest BCUT2D eigenvalue weighted by atomic mass is 9.90. The van der Waals surface area contributed by atoms with E-state index in [1.165, 1.54) is 30.4 Å². The minimum absolute atomic E-state index is 0.0981. The SMILES string of the molecule is CCCCCc1ccc(C(=O)[C@@H](C)c2ccc(CC(C)C)cc2)cc1. The molecule has 0 aromatic heterocycles. The number of hydrogen-bond acceptors (Lipinski definition) is 1. The first-order valence-corrected chi connectivity index (χ1v) is 9.73. The van der Waals surface area contributed by atoms with Gasteiger partial charge >= 0.3 is 0 Å². The summed E-state index contributed by atoms with van der Waals surface area (Å²) in [6, 6.07) is 16.8. The van der Waals surface area contributed by atoms with Crippen molar-refractivity contribution in [3.8, 4) is 0 Å². The molecule has 0 aliphatic heterocycles. The van der Waals surface area contributed by atoms with Gasteiger partial charge in [0.15, 0.2) is 5.78 Å². The minimum atomic E-state index is -0.0981. The van der Waals surface area contributed by atoms with Gasteiger partial charge < -0.3 is 0 Å². The third-order valence-electron chi connectivity index (χ3n) is 4.82. The topological polar surface area (TPSA) is 17.1 Å². The van der Waals surface area contributed by atoms with Gasteiger partial charge in [-0.15, -0.1) is 0 Å². The Labute approximate surface area is 153 Å². The Morgan fingerprint density at radius 2 is 1.44 bits per heavy atom. The fourth-order valence-corrected chi connectivity index (χ4v) is 3.23. The Morgan fingerprint density at radius 1 is 0.840 bits per heavy atom. The van der Waals surface area contributed by atoms with Crippen LogP contribution in [0.2, 0.25) is 0 Å². The van der Waals surface area contributed by atoms with Gasteiger partial charge in [0, 0.05) is 11.5 Å². The van der Waals surface area contributed by atoms with Crippen molar-refractivity contribution in [2.24, 2.45) is 5.92 Å². The Bertz CT molecular complexity index is 649. The summed E-state index contributed by atoms with van der Waals surface area (Å²) in [6.07, 6.45) is 5.93. The van der Waals surface area contributed by atoms with Gasteiger partial charge in [-0.1, -0.05) is 89.1 Å². The third kappa shape index (κ3) is 5.85. The van der Waals surface area contributed by atoms with E-state index in [4.69, 9.17) is 0 Å². The highest BCUT2D eigenvalue weighted by atomic mass is 16.1. The zero-order chi connectivity index (χ0) is 18.2. The Balaban J connectivity index is 2.01. The van der Waals surface area contributed by atoms with Crippen LogP contribution in [0.5, 0.6) is 0 Å². The largest absolute Gasteiger partial charge is 0.294 e. The van der Waals surface area contributed by atoms with Crippen molar-refractivity contribution in [2.75, 3.05) is 0 Å². The molecular weight excluding hydrogens is 304 g/mol. The molecule has 25 heavy (non-hydrogen) atoms. The minimum Gasteiger partial charge on any atom is -0.294 e. The summed E-state index contributed by atoms with van der Waals surface area (Å²) >= 11 is 0. The Kier molecular flexibility index (Phi) is 7.43. The van der Waals surface area contributed by atoms with Crippen LogP contribution < -0.4 is 0 Å². The van der Waals surface area contributed by atoms with Gasteiger partial charge in [-0.2, -0.15) is 0 Å². The van der Waals surface area contributed by atoms with Crippen LogP contribution in [0, 0.1) is 5.92 Å². The van der Waals surface area contributed by atoms with E-state index >= 15 is 0 Å². The molecule has 0 saturated heterocycles. The molecule has 0 unspecified atom stereocenters. The third-order valence-corrected chi connectivity index (χ3v) is 4.82. The molecule has 2 aromatic carbocycles. The highest BCUT2D eigenvalue weighted by Crippen LogP contribution is 2.22. The molecular formula is C24H32O. The summed E-state index contributed by atoms with van der Waals surface area (Å²) in [5.41, 5.74) is 4.59. The van der Waals surface area contributed by atoms with Crippen LogP contribution in [0.25, 0.3) is 0 Å². The molecule has 0 saturated carbocycles. The number of benzene rings is 2. The number of carbonyl (C=O) groups excluding carboxylic acids is 1. The van der Waals surface area contributed by atoms with Gasteiger partial charge in [-0.05, 0) is 41.9 Å². The first-order valence-electron chi connectivity index (χ1n) is 9.73. The first-order chi connectivity index (χ1) is 12.0. The molecule has 1 atom stereocenters. The number of rotatable bonds is 9. The molecule has 0 radical (unpaired) electrons. The predicted molar refractivity (Wildman–Crippen MR) is 107 cm³/mol. The average Bonchev–Trinajstić information content (AvgIpc) is 2.61. The average molecular weight is 337 g/mol. The molecule has 2 rings (SSSR count). The molecule has 0 aliphatic rings. The van der Waals surface area contributed by atoms with Crippen molar-refractivity contribution in [1.29, 1.82) is 0 Å². The summed E-state index contributed by atoms with van der Waals surface area (Å²) in [6.45, 7) is 8.69. The van der Waals surface area contributed by atoms with Crippen molar-refractivity contribution >= 4 is 5.78 Å². The van der Waals surface area contributed by atoms with Gasteiger partial charge in [0.25, 0.3) is 0 Å². The van der Waals surface area contributed by atoms with E-state index in [-0.39, 0.29) is 11.7 Å². The Morgan fingerprint density at radius 3 is 2.00 bits per heavy atom. The second-order valence-electron chi connectivity index (χ2n) is 7.58. The molecule has 0 aliphatic carbocycles. The van der Waals surface area contributed by atoms with E-state index in [2.05, 4.69) is 57.2 Å². The van der Waals surface area contributed by atoms with Gasteiger partial charge in [0.05, 0.1) is 0 Å². The number of aryl methyl sites for hydroxylation is 1. The van der Waals surface area contributed by atoms with Gasteiger partial charge in [-0.3, -0.25) is 4.79 Å². The van der Waals surface area contributed by atoms with E-state index in [0.29, 0.717) is 5.92 Å². The summed E-state index contributed by atoms with van der Waals surface area (Å²) in [4.78, 5) is 12.8. The van der Waals surface area contributed by atoms with Crippen molar-refractivity contribution in [3.63, 3.8) is 0 Å². The van der Waals surface area contributed by atoms with Crippen LogP contribution >= 0.6 is 0 Å². The van der Waals surface area contributed by atoms with Gasteiger partial charge in [0.2, 0.25) is 0 Å². The zero-order valence-corrected chi connectivity index (χ0v) is 16.2. The maximum absolute atomic E-state index is 12.8. The Hall–Kier alpha value is -1.89. The van der Waals surface area contributed by atoms with E-state index in [9.17, 15) is 4.79 Å². The maximum Gasteiger partial charge on any atom is 0.170 e. The van der Waals surface area contributed by atoms with Crippen LogP contribution in [0.3, 0.4) is 0 Å². The molecule has 0 amide bonds. The summed E-state index contributed by atoms with van der Waals surface area (Å²) in [5, 5.41) is 0. The van der Waals surface area contributed by atoms with Crippen molar-refractivity contribution in [2.45, 2.75) is 65.7 Å². The molecule has 1 nitrogen and oxygen atoms in total. The molecule has 134 valence electrons. The quantitative estimate of drug-likeness (QED) is 0.372. The molecule has 0 heterocycles. The molecule has 0 spiro atoms. The number of Topliss-reactive ketones (excluding diaryl/α,β-unsaturated/α-hetero) is 1. The lowest BCUT2D eigenvalue weighted by Crippen LogP contribution is -2.10. The number of unbranched alkanes of at least 4 members (excludes halogenated alkanes) is 2. The van der Waals surface area contributed by atoms with Crippen LogP contribution in [0.4, 0.5) is 0 Å². The molecule has 1 heteroatoms.